The van der Waals surface area contributed by atoms with Crippen LogP contribution in [-0.2, 0) is 10.3 Å². The Labute approximate surface area is 124 Å². The van der Waals surface area contributed by atoms with E-state index in [0.717, 1.165) is 22.2 Å². The van der Waals surface area contributed by atoms with Crippen molar-refractivity contribution in [2.45, 2.75) is 25.3 Å². The molecule has 1 saturated heterocycles. The highest BCUT2D eigenvalue weighted by Gasteiger charge is 2.54. The number of thiophene rings is 1. The predicted octanol–water partition coefficient (Wildman–Crippen LogP) is 2.75. The molecule has 2 atom stereocenters. The first kappa shape index (κ1) is 13.1. The van der Waals surface area contributed by atoms with Gasteiger partial charge in [-0.15, -0.1) is 11.3 Å². The van der Waals surface area contributed by atoms with Gasteiger partial charge in [0.15, 0.2) is 5.96 Å². The third-order valence-electron chi connectivity index (χ3n) is 4.10. The maximum atomic E-state index is 12.6. The summed E-state index contributed by atoms with van der Waals surface area (Å²) >= 11 is 5.10. The molecule has 0 bridgehead atoms. The molecule has 0 unspecified atom stereocenters. The molecule has 102 valence electrons. The second kappa shape index (κ2) is 4.31. The van der Waals surface area contributed by atoms with Crippen molar-refractivity contribution in [1.82, 2.24) is 10.2 Å². The van der Waals surface area contributed by atoms with Crippen LogP contribution in [0.3, 0.4) is 0 Å². The standard InChI is InChI=1S/C13H16BrN3OS/c1-13(9-5-8(14)6-19-9)10(7-3-4-7)11(18)17(2)12(15)16-13/h5-7,10H,3-4H2,1-2H3,(H2,15,16)/t10-,13+/m0/s1. The lowest BCUT2D eigenvalue weighted by Gasteiger charge is -2.45. The van der Waals surface area contributed by atoms with Gasteiger partial charge in [0, 0.05) is 21.8 Å². The highest BCUT2D eigenvalue weighted by atomic mass is 79.9. The minimum Gasteiger partial charge on any atom is -0.345 e. The molecule has 2 fully saturated rings. The summed E-state index contributed by atoms with van der Waals surface area (Å²) in [6.07, 6.45) is 2.22. The van der Waals surface area contributed by atoms with E-state index in [0.29, 0.717) is 5.92 Å². The van der Waals surface area contributed by atoms with Gasteiger partial charge in [0.1, 0.15) is 0 Å². The van der Waals surface area contributed by atoms with Crippen molar-refractivity contribution in [3.8, 4) is 0 Å². The Bertz CT molecular complexity index is 554. The molecule has 1 aromatic rings. The smallest absolute Gasteiger partial charge is 0.235 e. The van der Waals surface area contributed by atoms with Crippen LogP contribution < -0.4 is 5.32 Å². The number of hydrogen-bond acceptors (Lipinski definition) is 3. The van der Waals surface area contributed by atoms with Crippen LogP contribution in [0.2, 0.25) is 0 Å². The molecule has 19 heavy (non-hydrogen) atoms. The van der Waals surface area contributed by atoms with E-state index in [9.17, 15) is 4.79 Å². The molecule has 2 aliphatic rings. The monoisotopic (exact) mass is 341 g/mol. The lowest BCUT2D eigenvalue weighted by molar-refractivity contribution is -0.136. The number of halogens is 1. The summed E-state index contributed by atoms with van der Waals surface area (Å²) in [5.41, 5.74) is -0.460. The van der Waals surface area contributed by atoms with Crippen molar-refractivity contribution in [3.63, 3.8) is 0 Å². The number of rotatable bonds is 2. The molecule has 1 aliphatic heterocycles. The maximum Gasteiger partial charge on any atom is 0.235 e. The Balaban J connectivity index is 2.05. The van der Waals surface area contributed by atoms with Crippen LogP contribution in [0.25, 0.3) is 0 Å². The molecule has 0 aromatic carbocycles. The number of amides is 1. The summed E-state index contributed by atoms with van der Waals surface area (Å²) in [6.45, 7) is 2.05. The van der Waals surface area contributed by atoms with Crippen molar-refractivity contribution in [2.75, 3.05) is 7.05 Å². The van der Waals surface area contributed by atoms with Gasteiger partial charge in [-0.3, -0.25) is 15.1 Å². The van der Waals surface area contributed by atoms with Crippen LogP contribution in [-0.4, -0.2) is 23.8 Å². The Hall–Kier alpha value is -0.880. The summed E-state index contributed by atoms with van der Waals surface area (Å²) in [7, 11) is 1.68. The van der Waals surface area contributed by atoms with E-state index >= 15 is 0 Å². The summed E-state index contributed by atoms with van der Waals surface area (Å²) in [5, 5.41) is 13.3. The molecule has 1 aliphatic carbocycles. The molecule has 1 saturated carbocycles. The highest BCUT2D eigenvalue weighted by Crippen LogP contribution is 2.49. The Morgan fingerprint density at radius 1 is 1.58 bits per heavy atom. The van der Waals surface area contributed by atoms with E-state index < -0.39 is 5.54 Å². The Kier molecular flexibility index (Phi) is 2.98. The minimum atomic E-state index is -0.460. The van der Waals surface area contributed by atoms with E-state index in [2.05, 4.69) is 27.3 Å². The molecule has 2 heterocycles. The normalized spacial score (nSPS) is 31.5. The summed E-state index contributed by atoms with van der Waals surface area (Å²) in [5.74, 6) is 0.630. The van der Waals surface area contributed by atoms with Crippen molar-refractivity contribution in [2.24, 2.45) is 11.8 Å². The molecule has 0 spiro atoms. The Morgan fingerprint density at radius 3 is 2.79 bits per heavy atom. The molecule has 0 radical (unpaired) electrons. The molecule has 6 heteroatoms. The van der Waals surface area contributed by atoms with Crippen LogP contribution in [0.4, 0.5) is 0 Å². The molecule has 1 amide bonds. The van der Waals surface area contributed by atoms with Gasteiger partial charge in [-0.25, -0.2) is 0 Å². The lowest BCUT2D eigenvalue weighted by atomic mass is 9.78. The van der Waals surface area contributed by atoms with Gasteiger partial charge < -0.3 is 5.32 Å². The molecule has 4 nitrogen and oxygen atoms in total. The number of carbonyl (C=O) groups excluding carboxylic acids is 1. The van der Waals surface area contributed by atoms with Crippen molar-refractivity contribution >= 4 is 39.1 Å². The van der Waals surface area contributed by atoms with E-state index in [1.807, 2.05) is 12.3 Å². The zero-order valence-corrected chi connectivity index (χ0v) is 13.3. The van der Waals surface area contributed by atoms with Crippen molar-refractivity contribution in [3.05, 3.63) is 20.8 Å². The fourth-order valence-corrected chi connectivity index (χ4v) is 4.46. The van der Waals surface area contributed by atoms with Crippen LogP contribution in [0, 0.1) is 17.2 Å². The van der Waals surface area contributed by atoms with Gasteiger partial charge in [0.25, 0.3) is 0 Å². The van der Waals surface area contributed by atoms with Crippen molar-refractivity contribution in [1.29, 1.82) is 5.41 Å². The van der Waals surface area contributed by atoms with Crippen LogP contribution in [0.1, 0.15) is 24.6 Å². The number of carbonyl (C=O) groups is 1. The van der Waals surface area contributed by atoms with Gasteiger partial charge in [-0.05, 0) is 47.7 Å². The average molecular weight is 342 g/mol. The average Bonchev–Trinajstić information content (AvgIpc) is 3.07. The van der Waals surface area contributed by atoms with Crippen LogP contribution in [0.5, 0.6) is 0 Å². The van der Waals surface area contributed by atoms with E-state index in [-0.39, 0.29) is 17.8 Å². The Morgan fingerprint density at radius 2 is 2.26 bits per heavy atom. The fraction of sp³-hybridized carbons (Fsp3) is 0.538. The third-order valence-corrected chi connectivity index (χ3v) is 6.03. The van der Waals surface area contributed by atoms with Crippen molar-refractivity contribution < 1.29 is 4.79 Å². The molecule has 1 aromatic heterocycles. The number of guanidine groups is 1. The van der Waals surface area contributed by atoms with Gasteiger partial charge in [-0.1, -0.05) is 0 Å². The number of nitrogens with one attached hydrogen (secondary N) is 2. The second-order valence-electron chi connectivity index (χ2n) is 5.52. The van der Waals surface area contributed by atoms with Gasteiger partial charge >= 0.3 is 0 Å². The number of nitrogens with zero attached hydrogens (tertiary/aromatic N) is 1. The largest absolute Gasteiger partial charge is 0.345 e. The second-order valence-corrected chi connectivity index (χ2v) is 7.34. The minimum absolute atomic E-state index is 0.0678. The molecular weight excluding hydrogens is 326 g/mol. The summed E-state index contributed by atoms with van der Waals surface area (Å²) < 4.78 is 1.03. The first-order valence-corrected chi connectivity index (χ1v) is 7.99. The van der Waals surface area contributed by atoms with Crippen LogP contribution >= 0.6 is 27.3 Å². The summed E-state index contributed by atoms with van der Waals surface area (Å²) in [6, 6.07) is 2.05. The van der Waals surface area contributed by atoms with Crippen LogP contribution in [0.15, 0.2) is 15.9 Å². The third kappa shape index (κ3) is 2.01. The zero-order chi connectivity index (χ0) is 13.8. The van der Waals surface area contributed by atoms with Gasteiger partial charge in [0.2, 0.25) is 5.91 Å². The molecule has 2 N–H and O–H groups in total. The fourth-order valence-electron chi connectivity index (χ4n) is 2.88. The topological polar surface area (TPSA) is 56.2 Å². The quantitative estimate of drug-likeness (QED) is 0.868. The lowest BCUT2D eigenvalue weighted by Crippen LogP contribution is -2.64. The van der Waals surface area contributed by atoms with E-state index in [4.69, 9.17) is 5.41 Å². The number of hydrogen-bond donors (Lipinski definition) is 2. The first-order valence-electron chi connectivity index (χ1n) is 6.32. The van der Waals surface area contributed by atoms with E-state index in [1.54, 1.807) is 18.4 Å². The molecule has 3 rings (SSSR count). The van der Waals surface area contributed by atoms with E-state index in [1.165, 1.54) is 4.90 Å². The maximum absolute atomic E-state index is 12.6. The highest BCUT2D eigenvalue weighted by molar-refractivity contribution is 9.10. The first-order chi connectivity index (χ1) is 8.93. The molecular formula is C13H16BrN3OS. The SMILES string of the molecule is CN1C(=N)N[C@](C)(c2cc(Br)cs2)[C@@H](C2CC2)C1=O. The zero-order valence-electron chi connectivity index (χ0n) is 10.9. The predicted molar refractivity (Wildman–Crippen MR) is 79.2 cm³/mol. The van der Waals surface area contributed by atoms with Gasteiger partial charge in [-0.2, -0.15) is 0 Å². The summed E-state index contributed by atoms with van der Waals surface area (Å²) in [4.78, 5) is 15.1. The van der Waals surface area contributed by atoms with Gasteiger partial charge in [0.05, 0.1) is 11.5 Å².